The number of rotatable bonds is 6. The van der Waals surface area contributed by atoms with Crippen LogP contribution >= 0.6 is 11.3 Å². The zero-order valence-corrected chi connectivity index (χ0v) is 11.3. The molecule has 2 nitrogen and oxygen atoms in total. The number of thiophene rings is 1. The molecule has 0 aliphatic rings. The van der Waals surface area contributed by atoms with Crippen molar-refractivity contribution < 1.29 is 4.79 Å². The first-order valence-corrected chi connectivity index (χ1v) is 6.93. The quantitative estimate of drug-likeness (QED) is 0.743. The van der Waals surface area contributed by atoms with Gasteiger partial charge in [0.05, 0.1) is 6.54 Å². The minimum Gasteiger partial charge on any atom is -0.299 e. The summed E-state index contributed by atoms with van der Waals surface area (Å²) >= 11 is 1.77. The van der Waals surface area contributed by atoms with Crippen molar-refractivity contribution >= 4 is 17.1 Å². The molecule has 0 spiro atoms. The Morgan fingerprint density at radius 3 is 2.61 bits per heavy atom. The maximum Gasteiger partial charge on any atom is 0.176 e. The molecule has 1 aromatic carbocycles. The molecule has 0 saturated carbocycles. The van der Waals surface area contributed by atoms with Gasteiger partial charge in [-0.05, 0) is 24.9 Å². The number of nitrogens with zero attached hydrogens (tertiary/aromatic N) is 1. The van der Waals surface area contributed by atoms with Crippen LogP contribution in [-0.4, -0.2) is 30.8 Å². The van der Waals surface area contributed by atoms with Crippen LogP contribution in [-0.2, 0) is 6.42 Å². The predicted molar refractivity (Wildman–Crippen MR) is 76.3 cm³/mol. The molecule has 0 bridgehead atoms. The van der Waals surface area contributed by atoms with Gasteiger partial charge in [0.15, 0.2) is 5.78 Å². The number of hydrogen-bond donors (Lipinski definition) is 0. The Labute approximate surface area is 112 Å². The first-order valence-electron chi connectivity index (χ1n) is 6.05. The van der Waals surface area contributed by atoms with Crippen LogP contribution in [0, 0.1) is 0 Å². The van der Waals surface area contributed by atoms with E-state index >= 15 is 0 Å². The molecule has 0 fully saturated rings. The van der Waals surface area contributed by atoms with Gasteiger partial charge in [-0.3, -0.25) is 9.69 Å². The molecule has 1 heterocycles. The molecule has 0 atom stereocenters. The van der Waals surface area contributed by atoms with Crippen LogP contribution in [0.25, 0.3) is 0 Å². The van der Waals surface area contributed by atoms with Gasteiger partial charge in [0.25, 0.3) is 0 Å². The van der Waals surface area contributed by atoms with Gasteiger partial charge in [-0.25, -0.2) is 0 Å². The van der Waals surface area contributed by atoms with E-state index in [-0.39, 0.29) is 5.78 Å². The van der Waals surface area contributed by atoms with Crippen LogP contribution in [0.3, 0.4) is 0 Å². The van der Waals surface area contributed by atoms with Gasteiger partial charge in [0.1, 0.15) is 0 Å². The van der Waals surface area contributed by atoms with E-state index in [0.29, 0.717) is 6.54 Å². The molecule has 0 saturated heterocycles. The highest BCUT2D eigenvalue weighted by atomic mass is 32.1. The zero-order chi connectivity index (χ0) is 12.8. The van der Waals surface area contributed by atoms with Crippen molar-refractivity contribution in [3.05, 3.63) is 58.3 Å². The number of carbonyl (C=O) groups excluding carboxylic acids is 1. The highest BCUT2D eigenvalue weighted by Crippen LogP contribution is 2.09. The second kappa shape index (κ2) is 6.47. The van der Waals surface area contributed by atoms with E-state index in [1.165, 1.54) is 4.88 Å². The molecule has 3 heteroatoms. The third-order valence-electron chi connectivity index (χ3n) is 2.83. The Hall–Kier alpha value is -1.45. The number of hydrogen-bond acceptors (Lipinski definition) is 3. The summed E-state index contributed by atoms with van der Waals surface area (Å²) in [5, 5.41) is 2.09. The van der Waals surface area contributed by atoms with Crippen LogP contribution in [0.4, 0.5) is 0 Å². The Morgan fingerprint density at radius 2 is 1.94 bits per heavy atom. The van der Waals surface area contributed by atoms with Gasteiger partial charge in [-0.1, -0.05) is 36.4 Å². The third-order valence-corrected chi connectivity index (χ3v) is 3.77. The number of carbonyl (C=O) groups is 1. The van der Waals surface area contributed by atoms with E-state index in [9.17, 15) is 4.79 Å². The van der Waals surface area contributed by atoms with Crippen LogP contribution in [0.1, 0.15) is 15.2 Å². The lowest BCUT2D eigenvalue weighted by molar-refractivity contribution is 0.0947. The monoisotopic (exact) mass is 259 g/mol. The summed E-state index contributed by atoms with van der Waals surface area (Å²) in [7, 11) is 1.99. The Morgan fingerprint density at radius 1 is 1.17 bits per heavy atom. The summed E-state index contributed by atoms with van der Waals surface area (Å²) in [5.74, 6) is 0.185. The fourth-order valence-corrected chi connectivity index (χ4v) is 2.49. The molecule has 2 rings (SSSR count). The van der Waals surface area contributed by atoms with Crippen molar-refractivity contribution in [1.29, 1.82) is 0 Å². The van der Waals surface area contributed by atoms with E-state index < -0.39 is 0 Å². The van der Waals surface area contributed by atoms with E-state index in [1.54, 1.807) is 11.3 Å². The van der Waals surface area contributed by atoms with Gasteiger partial charge < -0.3 is 0 Å². The normalized spacial score (nSPS) is 10.8. The van der Waals surface area contributed by atoms with Gasteiger partial charge >= 0.3 is 0 Å². The minimum atomic E-state index is 0.185. The van der Waals surface area contributed by atoms with Gasteiger partial charge in [0.2, 0.25) is 0 Å². The summed E-state index contributed by atoms with van der Waals surface area (Å²) in [6, 6.07) is 13.7. The SMILES string of the molecule is CN(CCc1cccs1)CC(=O)c1ccccc1. The number of likely N-dealkylation sites (N-methyl/N-ethyl adjacent to an activating group) is 1. The smallest absolute Gasteiger partial charge is 0.176 e. The fourth-order valence-electron chi connectivity index (χ4n) is 1.80. The van der Waals surface area contributed by atoms with Crippen LogP contribution in [0.5, 0.6) is 0 Å². The molecule has 0 radical (unpaired) electrons. The lowest BCUT2D eigenvalue weighted by atomic mass is 10.1. The third kappa shape index (κ3) is 3.79. The second-order valence-corrected chi connectivity index (χ2v) is 5.39. The van der Waals surface area contributed by atoms with Gasteiger partial charge in [-0.15, -0.1) is 11.3 Å². The molecule has 0 aliphatic carbocycles. The molecule has 1 aromatic heterocycles. The van der Waals surface area contributed by atoms with Crippen molar-refractivity contribution in [2.24, 2.45) is 0 Å². The number of Topliss-reactive ketones (excluding diaryl/α,β-unsaturated/α-hetero) is 1. The maximum atomic E-state index is 12.0. The predicted octanol–water partition coefficient (Wildman–Crippen LogP) is 3.11. The van der Waals surface area contributed by atoms with Gasteiger partial charge in [0, 0.05) is 17.0 Å². The lowest BCUT2D eigenvalue weighted by Crippen LogP contribution is -2.27. The molecule has 2 aromatic rings. The second-order valence-electron chi connectivity index (χ2n) is 4.36. The van der Waals surface area contributed by atoms with Crippen LogP contribution in [0.15, 0.2) is 47.8 Å². The molecule has 0 N–H and O–H groups in total. The molecular formula is C15H17NOS. The molecule has 0 amide bonds. The minimum absolute atomic E-state index is 0.185. The lowest BCUT2D eigenvalue weighted by Gasteiger charge is -2.15. The fraction of sp³-hybridized carbons (Fsp3) is 0.267. The molecule has 18 heavy (non-hydrogen) atoms. The Kier molecular flexibility index (Phi) is 4.67. The van der Waals surface area contributed by atoms with Crippen molar-refractivity contribution in [2.75, 3.05) is 20.1 Å². The van der Waals surface area contributed by atoms with Crippen molar-refractivity contribution in [3.63, 3.8) is 0 Å². The Balaban J connectivity index is 1.80. The summed E-state index contributed by atoms with van der Waals surface area (Å²) in [5.41, 5.74) is 0.792. The van der Waals surface area contributed by atoms with Crippen LogP contribution < -0.4 is 0 Å². The highest BCUT2D eigenvalue weighted by Gasteiger charge is 2.08. The number of benzene rings is 1. The van der Waals surface area contributed by atoms with Crippen molar-refractivity contribution in [1.82, 2.24) is 4.90 Å². The molecule has 0 unspecified atom stereocenters. The summed E-state index contributed by atoms with van der Waals surface area (Å²) in [6.45, 7) is 1.40. The zero-order valence-electron chi connectivity index (χ0n) is 10.5. The Bertz CT molecular complexity index is 478. The van der Waals surface area contributed by atoms with E-state index in [2.05, 4.69) is 22.4 Å². The largest absolute Gasteiger partial charge is 0.299 e. The van der Waals surface area contributed by atoms with Crippen molar-refractivity contribution in [3.8, 4) is 0 Å². The first kappa shape index (κ1) is 13.0. The molecule has 94 valence electrons. The summed E-state index contributed by atoms with van der Waals surface area (Å²) in [4.78, 5) is 15.4. The van der Waals surface area contributed by atoms with E-state index in [0.717, 1.165) is 18.5 Å². The van der Waals surface area contributed by atoms with E-state index in [1.807, 2.05) is 37.4 Å². The highest BCUT2D eigenvalue weighted by molar-refractivity contribution is 7.09. The standard InChI is InChI=1S/C15H17NOS/c1-16(10-9-14-8-5-11-18-14)12-15(17)13-6-3-2-4-7-13/h2-8,11H,9-10,12H2,1H3. The summed E-state index contributed by atoms with van der Waals surface area (Å²) in [6.07, 6.45) is 1.01. The van der Waals surface area contributed by atoms with Crippen LogP contribution in [0.2, 0.25) is 0 Å². The average Bonchev–Trinajstić information content (AvgIpc) is 2.90. The topological polar surface area (TPSA) is 20.3 Å². The van der Waals surface area contributed by atoms with Gasteiger partial charge in [-0.2, -0.15) is 0 Å². The molecule has 0 aliphatic heterocycles. The maximum absolute atomic E-state index is 12.0. The summed E-state index contributed by atoms with van der Waals surface area (Å²) < 4.78 is 0. The van der Waals surface area contributed by atoms with E-state index in [4.69, 9.17) is 0 Å². The number of ketones is 1. The first-order chi connectivity index (χ1) is 8.75. The average molecular weight is 259 g/mol. The molecular weight excluding hydrogens is 242 g/mol. The van der Waals surface area contributed by atoms with Crippen molar-refractivity contribution in [2.45, 2.75) is 6.42 Å².